The van der Waals surface area contributed by atoms with E-state index in [-0.39, 0.29) is 11.7 Å². The van der Waals surface area contributed by atoms with E-state index >= 15 is 0 Å². The number of nitrogens with zero attached hydrogens (tertiary/aromatic N) is 1. The van der Waals surface area contributed by atoms with Crippen LogP contribution in [0.5, 0.6) is 0 Å². The molecule has 90 valence electrons. The number of hydrogen-bond donors (Lipinski definition) is 2. The van der Waals surface area contributed by atoms with Crippen molar-refractivity contribution in [3.63, 3.8) is 0 Å². The van der Waals surface area contributed by atoms with Crippen molar-refractivity contribution < 1.29 is 9.20 Å². The minimum absolute atomic E-state index is 0.215. The summed E-state index contributed by atoms with van der Waals surface area (Å²) in [5.74, 6) is 0. The summed E-state index contributed by atoms with van der Waals surface area (Å²) in [6, 6.07) is 0.779. The van der Waals surface area contributed by atoms with Gasteiger partial charge in [-0.25, -0.2) is 4.79 Å². The second-order valence-corrected chi connectivity index (χ2v) is 4.75. The fourth-order valence-corrected chi connectivity index (χ4v) is 2.25. The maximum atomic E-state index is 11.5. The highest BCUT2D eigenvalue weighted by Crippen LogP contribution is 2.17. The van der Waals surface area contributed by atoms with Gasteiger partial charge in [-0.05, 0) is 32.0 Å². The van der Waals surface area contributed by atoms with Gasteiger partial charge >= 0.3 is 11.3 Å². The van der Waals surface area contributed by atoms with Crippen LogP contribution in [0.25, 0.3) is 0 Å². The zero-order chi connectivity index (χ0) is 11.5. The lowest BCUT2D eigenvalue weighted by Gasteiger charge is -2.08. The van der Waals surface area contributed by atoms with Crippen LogP contribution in [-0.2, 0) is 6.54 Å². The average molecular weight is 226 g/mol. The summed E-state index contributed by atoms with van der Waals surface area (Å²) in [7, 11) is 0. The average Bonchev–Trinajstić information content (AvgIpc) is 2.84. The van der Waals surface area contributed by atoms with Crippen LogP contribution in [-0.4, -0.2) is 11.3 Å². The first-order chi connectivity index (χ1) is 7.68. The van der Waals surface area contributed by atoms with Gasteiger partial charge in [0.05, 0.1) is 6.54 Å². The Morgan fingerprint density at radius 2 is 2.19 bits per heavy atom. The first kappa shape index (κ1) is 11.4. The molecule has 1 aliphatic carbocycles. The van der Waals surface area contributed by atoms with Crippen LogP contribution in [0.2, 0.25) is 0 Å². The molecule has 0 bridgehead atoms. The highest BCUT2D eigenvalue weighted by Gasteiger charge is 2.24. The molecule has 0 unspecified atom stereocenters. The Bertz CT molecular complexity index is 388. The fraction of sp³-hybridized carbons (Fsp3) is 0.818. The van der Waals surface area contributed by atoms with E-state index in [1.54, 1.807) is 4.68 Å². The maximum Gasteiger partial charge on any atom is 0.431 e. The van der Waals surface area contributed by atoms with Crippen LogP contribution in [0.4, 0.5) is 0 Å². The molecule has 1 aromatic heterocycles. The number of rotatable bonds is 4. The summed E-state index contributed by atoms with van der Waals surface area (Å²) in [6.07, 6.45) is 5.03. The molecular formula is C11H20N3O2+. The topological polar surface area (TPSA) is 61.9 Å². The van der Waals surface area contributed by atoms with Crippen LogP contribution in [0.15, 0.2) is 9.32 Å². The van der Waals surface area contributed by atoms with Gasteiger partial charge in [0.2, 0.25) is 0 Å². The summed E-state index contributed by atoms with van der Waals surface area (Å²) in [5.41, 5.74) is 0.418. The largest absolute Gasteiger partial charge is 0.431 e. The monoisotopic (exact) mass is 226 g/mol. The normalized spacial score (nSPS) is 17.4. The Hall–Kier alpha value is -1.10. The van der Waals surface area contributed by atoms with Gasteiger partial charge in [0.1, 0.15) is 0 Å². The Morgan fingerprint density at radius 3 is 2.81 bits per heavy atom. The van der Waals surface area contributed by atoms with Crippen molar-refractivity contribution in [1.82, 2.24) is 10.6 Å². The molecule has 0 spiro atoms. The molecule has 5 nitrogen and oxygen atoms in total. The van der Waals surface area contributed by atoms with Gasteiger partial charge in [-0.15, -0.1) is 0 Å². The summed E-state index contributed by atoms with van der Waals surface area (Å²) in [5, 5.41) is 6.06. The third-order valence-corrected chi connectivity index (χ3v) is 3.19. The summed E-state index contributed by atoms with van der Waals surface area (Å²) < 4.78 is 6.60. The molecule has 5 heteroatoms. The number of nitrogens with one attached hydrogen (secondary N) is 2. The van der Waals surface area contributed by atoms with Crippen molar-refractivity contribution in [2.24, 2.45) is 0 Å². The van der Waals surface area contributed by atoms with Crippen molar-refractivity contribution in [2.45, 2.75) is 58.2 Å². The van der Waals surface area contributed by atoms with E-state index in [0.29, 0.717) is 18.3 Å². The molecule has 0 aromatic carbocycles. The minimum atomic E-state index is -0.265. The van der Waals surface area contributed by atoms with Crippen molar-refractivity contribution in [2.75, 3.05) is 0 Å². The molecule has 16 heavy (non-hydrogen) atoms. The quantitative estimate of drug-likeness (QED) is 0.749. The molecule has 0 aliphatic heterocycles. The van der Waals surface area contributed by atoms with Crippen molar-refractivity contribution >= 4 is 0 Å². The predicted molar refractivity (Wildman–Crippen MR) is 59.0 cm³/mol. The summed E-state index contributed by atoms with van der Waals surface area (Å²) >= 11 is 0. The predicted octanol–water partition coefficient (Wildman–Crippen LogP) is 0.868. The molecule has 1 fully saturated rings. The van der Waals surface area contributed by atoms with Gasteiger partial charge in [0.15, 0.2) is 6.04 Å². The van der Waals surface area contributed by atoms with Gasteiger partial charge in [0.25, 0.3) is 0 Å². The molecule has 2 N–H and O–H groups in total. The Labute approximate surface area is 94.8 Å². The van der Waals surface area contributed by atoms with Gasteiger partial charge in [0, 0.05) is 6.04 Å². The number of aromatic amines is 1. The third-order valence-electron chi connectivity index (χ3n) is 3.19. The summed E-state index contributed by atoms with van der Waals surface area (Å²) in [4.78, 5) is 11.5. The van der Waals surface area contributed by atoms with Gasteiger partial charge < -0.3 is 5.32 Å². The first-order valence-electron chi connectivity index (χ1n) is 6.03. The molecule has 2 rings (SSSR count). The number of H-pyrrole nitrogens is 1. The van der Waals surface area contributed by atoms with Crippen LogP contribution in [0, 0.1) is 0 Å². The lowest BCUT2D eigenvalue weighted by Crippen LogP contribution is -2.45. The third kappa shape index (κ3) is 2.35. The highest BCUT2D eigenvalue weighted by atomic mass is 16.5. The smallest absolute Gasteiger partial charge is 0.304 e. The van der Waals surface area contributed by atoms with Crippen LogP contribution < -0.4 is 15.6 Å². The van der Waals surface area contributed by atoms with E-state index in [4.69, 9.17) is 4.52 Å². The van der Waals surface area contributed by atoms with Crippen molar-refractivity contribution in [1.29, 1.82) is 0 Å². The zero-order valence-electron chi connectivity index (χ0n) is 9.95. The Morgan fingerprint density at radius 1 is 1.50 bits per heavy atom. The van der Waals surface area contributed by atoms with E-state index in [1.807, 2.05) is 13.8 Å². The van der Waals surface area contributed by atoms with Gasteiger partial charge in [-0.3, -0.25) is 4.52 Å². The molecule has 0 saturated heterocycles. The lowest BCUT2D eigenvalue weighted by atomic mass is 10.2. The Kier molecular flexibility index (Phi) is 3.43. The molecule has 1 saturated carbocycles. The number of hydrogen-bond acceptors (Lipinski definition) is 3. The van der Waals surface area contributed by atoms with Crippen LogP contribution in [0.3, 0.4) is 0 Å². The molecule has 1 heterocycles. The maximum absolute atomic E-state index is 11.5. The zero-order valence-corrected chi connectivity index (χ0v) is 9.95. The van der Waals surface area contributed by atoms with Crippen molar-refractivity contribution in [3.8, 4) is 0 Å². The molecule has 0 amide bonds. The molecule has 0 radical (unpaired) electrons. The van der Waals surface area contributed by atoms with E-state index in [1.165, 1.54) is 25.7 Å². The highest BCUT2D eigenvalue weighted by molar-refractivity contribution is 4.85. The molecule has 1 aromatic rings. The summed E-state index contributed by atoms with van der Waals surface area (Å²) in [6.45, 7) is 4.63. The van der Waals surface area contributed by atoms with Gasteiger partial charge in [-0.2, -0.15) is 0 Å². The van der Waals surface area contributed by atoms with Crippen molar-refractivity contribution in [3.05, 3.63) is 16.1 Å². The molecule has 1 aliphatic rings. The fourth-order valence-electron chi connectivity index (χ4n) is 2.25. The van der Waals surface area contributed by atoms with E-state index in [0.717, 1.165) is 0 Å². The number of aromatic nitrogens is 2. The first-order valence-corrected chi connectivity index (χ1v) is 6.03. The Balaban J connectivity index is 2.02. The van der Waals surface area contributed by atoms with Crippen LogP contribution >= 0.6 is 0 Å². The molecule has 0 atom stereocenters. The second kappa shape index (κ2) is 4.82. The lowest BCUT2D eigenvalue weighted by molar-refractivity contribution is -0.785. The van der Waals surface area contributed by atoms with Gasteiger partial charge in [-0.1, -0.05) is 17.5 Å². The molecular weight excluding hydrogens is 206 g/mol. The van der Waals surface area contributed by atoms with E-state index in [2.05, 4.69) is 10.6 Å². The van der Waals surface area contributed by atoms with E-state index < -0.39 is 0 Å². The standard InChI is InChI=1S/C11H19N3O2/c1-8(2)14-10(11(15)16-13-14)7-12-9-5-3-4-6-9/h8-9,12H,3-7H2,1-2H3/p+1. The van der Waals surface area contributed by atoms with Crippen LogP contribution in [0.1, 0.15) is 51.3 Å². The second-order valence-electron chi connectivity index (χ2n) is 4.75. The SMILES string of the molecule is CC(C)[n+]1[nH]oc(=O)c1CNC1CCCC1. The minimum Gasteiger partial charge on any atom is -0.304 e. The van der Waals surface area contributed by atoms with E-state index in [9.17, 15) is 4.79 Å².